The highest BCUT2D eigenvalue weighted by Gasteiger charge is 2.21. The summed E-state index contributed by atoms with van der Waals surface area (Å²) >= 11 is 3.55. The van der Waals surface area contributed by atoms with Crippen molar-refractivity contribution in [1.29, 1.82) is 0 Å². The Labute approximate surface area is 115 Å². The molecule has 0 aliphatic carbocycles. The third-order valence-electron chi connectivity index (χ3n) is 3.28. The van der Waals surface area contributed by atoms with Crippen LogP contribution in [0.5, 0.6) is 0 Å². The number of aromatic nitrogens is 1. The van der Waals surface area contributed by atoms with Gasteiger partial charge in [-0.25, -0.2) is 0 Å². The van der Waals surface area contributed by atoms with E-state index >= 15 is 0 Å². The normalized spacial score (nSPS) is 14.4. The summed E-state index contributed by atoms with van der Waals surface area (Å²) in [5, 5.41) is 0. The van der Waals surface area contributed by atoms with Crippen LogP contribution in [-0.4, -0.2) is 11.5 Å². The van der Waals surface area contributed by atoms with Crippen LogP contribution in [0.25, 0.3) is 0 Å². The maximum Gasteiger partial charge on any atom is 0.0820 e. The molecule has 1 aromatic carbocycles. The van der Waals surface area contributed by atoms with Crippen molar-refractivity contribution in [1.82, 2.24) is 4.98 Å². The molecule has 2 heterocycles. The van der Waals surface area contributed by atoms with Gasteiger partial charge in [0.2, 0.25) is 0 Å². The molecule has 92 valence electrons. The number of aryl methyl sites for hydroxylation is 1. The molecule has 18 heavy (non-hydrogen) atoms. The first-order valence-corrected chi connectivity index (χ1v) is 6.81. The SMILES string of the molecule is Nc1cncc(Br)c1N1CCCc2ccccc21. The summed E-state index contributed by atoms with van der Waals surface area (Å²) in [6.45, 7) is 0.990. The van der Waals surface area contributed by atoms with Crippen molar-refractivity contribution in [2.45, 2.75) is 12.8 Å². The molecule has 2 aromatic rings. The van der Waals surface area contributed by atoms with Crippen molar-refractivity contribution >= 4 is 33.0 Å². The molecule has 1 aliphatic rings. The number of halogens is 1. The van der Waals surface area contributed by atoms with Crippen LogP contribution in [0.15, 0.2) is 41.1 Å². The monoisotopic (exact) mass is 303 g/mol. The molecule has 2 N–H and O–H groups in total. The van der Waals surface area contributed by atoms with Gasteiger partial charge in [-0.15, -0.1) is 0 Å². The molecule has 1 aromatic heterocycles. The topological polar surface area (TPSA) is 42.1 Å². The van der Waals surface area contributed by atoms with Crippen molar-refractivity contribution in [3.8, 4) is 0 Å². The summed E-state index contributed by atoms with van der Waals surface area (Å²) in [5.41, 5.74) is 10.4. The van der Waals surface area contributed by atoms with Crippen LogP contribution in [0.3, 0.4) is 0 Å². The van der Waals surface area contributed by atoms with E-state index in [4.69, 9.17) is 5.73 Å². The lowest BCUT2D eigenvalue weighted by molar-refractivity contribution is 0.766. The molecule has 0 radical (unpaired) electrons. The number of hydrogen-bond donors (Lipinski definition) is 1. The van der Waals surface area contributed by atoms with Crippen LogP contribution in [-0.2, 0) is 6.42 Å². The van der Waals surface area contributed by atoms with E-state index in [0.717, 1.165) is 29.5 Å². The molecule has 0 fully saturated rings. The molecule has 0 saturated heterocycles. The van der Waals surface area contributed by atoms with Crippen LogP contribution in [0.1, 0.15) is 12.0 Å². The molecular formula is C14H14BrN3. The fourth-order valence-corrected chi connectivity index (χ4v) is 3.06. The predicted octanol–water partition coefficient (Wildman–Crippen LogP) is 3.51. The lowest BCUT2D eigenvalue weighted by Crippen LogP contribution is -2.25. The third kappa shape index (κ3) is 1.86. The van der Waals surface area contributed by atoms with E-state index in [-0.39, 0.29) is 0 Å². The minimum absolute atomic E-state index is 0.709. The summed E-state index contributed by atoms with van der Waals surface area (Å²) in [4.78, 5) is 6.37. The smallest absolute Gasteiger partial charge is 0.0820 e. The zero-order valence-corrected chi connectivity index (χ0v) is 11.5. The maximum absolute atomic E-state index is 6.08. The quantitative estimate of drug-likeness (QED) is 0.876. The zero-order chi connectivity index (χ0) is 12.5. The minimum atomic E-state index is 0.709. The number of fused-ring (bicyclic) bond motifs is 1. The summed E-state index contributed by atoms with van der Waals surface area (Å²) in [6.07, 6.45) is 5.78. The van der Waals surface area contributed by atoms with Crippen LogP contribution in [0.2, 0.25) is 0 Å². The van der Waals surface area contributed by atoms with E-state index in [1.165, 1.54) is 11.3 Å². The van der Waals surface area contributed by atoms with Gasteiger partial charge in [0.25, 0.3) is 0 Å². The van der Waals surface area contributed by atoms with Crippen molar-refractivity contribution in [2.75, 3.05) is 17.2 Å². The van der Waals surface area contributed by atoms with Gasteiger partial charge in [-0.05, 0) is 40.4 Å². The Morgan fingerprint density at radius 1 is 1.22 bits per heavy atom. The Hall–Kier alpha value is -1.55. The van der Waals surface area contributed by atoms with E-state index in [1.807, 2.05) is 0 Å². The van der Waals surface area contributed by atoms with E-state index in [0.29, 0.717) is 5.69 Å². The molecule has 0 unspecified atom stereocenters. The first-order chi connectivity index (χ1) is 8.77. The number of nitrogens with two attached hydrogens (primary N) is 1. The number of nitrogens with zero attached hydrogens (tertiary/aromatic N) is 2. The summed E-state index contributed by atoms with van der Waals surface area (Å²) in [7, 11) is 0. The van der Waals surface area contributed by atoms with E-state index in [1.54, 1.807) is 12.4 Å². The van der Waals surface area contributed by atoms with E-state index < -0.39 is 0 Å². The number of pyridine rings is 1. The predicted molar refractivity (Wildman–Crippen MR) is 78.1 cm³/mol. The molecule has 3 nitrogen and oxygen atoms in total. The third-order valence-corrected chi connectivity index (χ3v) is 3.86. The van der Waals surface area contributed by atoms with Crippen molar-refractivity contribution in [2.24, 2.45) is 0 Å². The van der Waals surface area contributed by atoms with E-state index in [2.05, 4.69) is 50.1 Å². The van der Waals surface area contributed by atoms with Gasteiger partial charge in [-0.1, -0.05) is 18.2 Å². The largest absolute Gasteiger partial charge is 0.396 e. The van der Waals surface area contributed by atoms with Crippen molar-refractivity contribution in [3.05, 3.63) is 46.7 Å². The number of rotatable bonds is 1. The maximum atomic E-state index is 6.08. The summed E-state index contributed by atoms with van der Waals surface area (Å²) in [6, 6.07) is 8.50. The van der Waals surface area contributed by atoms with Crippen molar-refractivity contribution < 1.29 is 0 Å². The molecule has 4 heteroatoms. The molecule has 0 saturated carbocycles. The van der Waals surface area contributed by atoms with Gasteiger partial charge in [0.15, 0.2) is 0 Å². The Bertz CT molecular complexity index is 563. The second-order valence-corrected chi connectivity index (χ2v) is 5.30. The highest BCUT2D eigenvalue weighted by Crippen LogP contribution is 2.39. The highest BCUT2D eigenvalue weighted by atomic mass is 79.9. The van der Waals surface area contributed by atoms with Gasteiger partial charge in [0, 0.05) is 18.4 Å². The van der Waals surface area contributed by atoms with Crippen molar-refractivity contribution in [3.63, 3.8) is 0 Å². The number of benzene rings is 1. The molecule has 0 spiro atoms. The average molecular weight is 304 g/mol. The zero-order valence-electron chi connectivity index (χ0n) is 9.94. The molecule has 1 aliphatic heterocycles. The molecule has 3 rings (SSSR count). The van der Waals surface area contributed by atoms with Gasteiger partial charge >= 0.3 is 0 Å². The molecule has 0 atom stereocenters. The second kappa shape index (κ2) is 4.61. The molecule has 0 amide bonds. The lowest BCUT2D eigenvalue weighted by Gasteiger charge is -2.32. The van der Waals surface area contributed by atoms with E-state index in [9.17, 15) is 0 Å². The highest BCUT2D eigenvalue weighted by molar-refractivity contribution is 9.10. The van der Waals surface area contributed by atoms with Gasteiger partial charge in [0.1, 0.15) is 0 Å². The molecule has 0 bridgehead atoms. The molecular weight excluding hydrogens is 290 g/mol. The fourth-order valence-electron chi connectivity index (χ4n) is 2.49. The summed E-state index contributed by atoms with van der Waals surface area (Å²) < 4.78 is 0.944. The first-order valence-electron chi connectivity index (χ1n) is 6.02. The van der Waals surface area contributed by atoms with Crippen LogP contribution in [0, 0.1) is 0 Å². The van der Waals surface area contributed by atoms with Gasteiger partial charge in [-0.3, -0.25) is 4.98 Å². The Morgan fingerprint density at radius 3 is 2.89 bits per heavy atom. The van der Waals surface area contributed by atoms with Crippen LogP contribution < -0.4 is 10.6 Å². The van der Waals surface area contributed by atoms with Gasteiger partial charge in [-0.2, -0.15) is 0 Å². The number of anilines is 3. The van der Waals surface area contributed by atoms with Gasteiger partial charge in [0.05, 0.1) is 22.0 Å². The van der Waals surface area contributed by atoms with Crippen LogP contribution >= 0.6 is 15.9 Å². The standard InChI is InChI=1S/C14H14BrN3/c15-11-8-17-9-12(16)14(11)18-7-3-5-10-4-1-2-6-13(10)18/h1-2,4,6,8-9H,3,5,7,16H2. The Balaban J connectivity index is 2.14. The number of nitrogen functional groups attached to an aromatic ring is 1. The van der Waals surface area contributed by atoms with Gasteiger partial charge < -0.3 is 10.6 Å². The number of hydrogen-bond acceptors (Lipinski definition) is 3. The Morgan fingerprint density at radius 2 is 2.06 bits per heavy atom. The lowest BCUT2D eigenvalue weighted by atomic mass is 10.0. The second-order valence-electron chi connectivity index (χ2n) is 4.44. The minimum Gasteiger partial charge on any atom is -0.396 e. The number of para-hydroxylation sites is 1. The summed E-state index contributed by atoms with van der Waals surface area (Å²) in [5.74, 6) is 0. The average Bonchev–Trinajstić information content (AvgIpc) is 2.39. The van der Waals surface area contributed by atoms with Crippen LogP contribution in [0.4, 0.5) is 17.1 Å². The Kier molecular flexibility index (Phi) is 2.96. The first kappa shape index (κ1) is 11.5. The fraction of sp³-hybridized carbons (Fsp3) is 0.214.